The Hall–Kier alpha value is -1.14. The van der Waals surface area contributed by atoms with Crippen molar-refractivity contribution in [1.82, 2.24) is 9.88 Å². The first kappa shape index (κ1) is 12.3. The number of thiazole rings is 1. The highest BCUT2D eigenvalue weighted by atomic mass is 32.1. The molecule has 0 radical (unpaired) electrons. The van der Waals surface area contributed by atoms with E-state index in [0.717, 1.165) is 36.6 Å². The molecular formula is C11H18N4OS. The van der Waals surface area contributed by atoms with Crippen LogP contribution in [0, 0.1) is 6.92 Å². The van der Waals surface area contributed by atoms with Gasteiger partial charge in [-0.2, -0.15) is 0 Å². The molecule has 1 unspecified atom stereocenters. The third-order valence-corrected chi connectivity index (χ3v) is 3.92. The van der Waals surface area contributed by atoms with E-state index in [-0.39, 0.29) is 6.04 Å². The van der Waals surface area contributed by atoms with Crippen LogP contribution in [0.5, 0.6) is 0 Å². The topological polar surface area (TPSA) is 74.7 Å². The second kappa shape index (κ2) is 5.46. The van der Waals surface area contributed by atoms with E-state index in [1.165, 1.54) is 6.42 Å². The number of likely N-dealkylation sites (tertiary alicyclic amines) is 1. The van der Waals surface area contributed by atoms with Gasteiger partial charge in [-0.25, -0.2) is 4.98 Å². The SMILES string of the molecule is Cc1nc(CN2CCCCC2C(N)=NO)cs1. The van der Waals surface area contributed by atoms with Gasteiger partial charge in [0.25, 0.3) is 0 Å². The molecule has 1 atom stereocenters. The van der Waals surface area contributed by atoms with Gasteiger partial charge in [0.1, 0.15) is 0 Å². The third-order valence-electron chi connectivity index (χ3n) is 3.10. The summed E-state index contributed by atoms with van der Waals surface area (Å²) >= 11 is 1.66. The van der Waals surface area contributed by atoms with Gasteiger partial charge in [-0.1, -0.05) is 11.6 Å². The Labute approximate surface area is 105 Å². The Morgan fingerprint density at radius 2 is 2.53 bits per heavy atom. The Bertz CT molecular complexity index is 404. The highest BCUT2D eigenvalue weighted by Crippen LogP contribution is 2.20. The summed E-state index contributed by atoms with van der Waals surface area (Å²) in [7, 11) is 0. The number of nitrogens with two attached hydrogens (primary N) is 1. The van der Waals surface area contributed by atoms with Crippen LogP contribution in [0.15, 0.2) is 10.5 Å². The lowest BCUT2D eigenvalue weighted by molar-refractivity contribution is 0.176. The van der Waals surface area contributed by atoms with E-state index >= 15 is 0 Å². The molecule has 0 aliphatic carbocycles. The number of aromatic nitrogens is 1. The standard InChI is InChI=1S/C11H18N4OS/c1-8-13-9(7-17-8)6-15-5-3-2-4-10(15)11(12)14-16/h7,10,16H,2-6H2,1H3,(H2,12,14). The molecule has 17 heavy (non-hydrogen) atoms. The second-order valence-corrected chi connectivity index (χ2v) is 5.43. The van der Waals surface area contributed by atoms with Crippen molar-refractivity contribution in [3.05, 3.63) is 16.1 Å². The lowest BCUT2D eigenvalue weighted by atomic mass is 10.0. The maximum absolute atomic E-state index is 8.80. The van der Waals surface area contributed by atoms with E-state index in [9.17, 15) is 0 Å². The van der Waals surface area contributed by atoms with Crippen LogP contribution in [0.2, 0.25) is 0 Å². The van der Waals surface area contributed by atoms with Crippen molar-refractivity contribution in [2.24, 2.45) is 10.9 Å². The van der Waals surface area contributed by atoms with E-state index in [4.69, 9.17) is 10.9 Å². The largest absolute Gasteiger partial charge is 0.409 e. The molecule has 0 amide bonds. The number of aryl methyl sites for hydroxylation is 1. The molecule has 0 spiro atoms. The van der Waals surface area contributed by atoms with Gasteiger partial charge < -0.3 is 10.9 Å². The monoisotopic (exact) mass is 254 g/mol. The average Bonchev–Trinajstić information content (AvgIpc) is 2.74. The fourth-order valence-corrected chi connectivity index (χ4v) is 2.87. The van der Waals surface area contributed by atoms with Gasteiger partial charge in [0, 0.05) is 11.9 Å². The van der Waals surface area contributed by atoms with Gasteiger partial charge in [-0.15, -0.1) is 11.3 Å². The zero-order valence-corrected chi connectivity index (χ0v) is 10.8. The molecule has 3 N–H and O–H groups in total. The van der Waals surface area contributed by atoms with Crippen molar-refractivity contribution in [3.63, 3.8) is 0 Å². The predicted molar refractivity (Wildman–Crippen MR) is 68.3 cm³/mol. The summed E-state index contributed by atoms with van der Waals surface area (Å²) in [4.78, 5) is 6.70. The second-order valence-electron chi connectivity index (χ2n) is 4.36. The Morgan fingerprint density at radius 1 is 1.71 bits per heavy atom. The molecule has 0 aromatic carbocycles. The van der Waals surface area contributed by atoms with Crippen LogP contribution in [0.3, 0.4) is 0 Å². The molecule has 0 bridgehead atoms. The van der Waals surface area contributed by atoms with E-state index in [1.807, 2.05) is 6.92 Å². The first-order valence-corrected chi connectivity index (χ1v) is 6.71. The predicted octanol–water partition coefficient (Wildman–Crippen LogP) is 1.55. The maximum Gasteiger partial charge on any atom is 0.156 e. The van der Waals surface area contributed by atoms with Gasteiger partial charge in [0.05, 0.1) is 16.7 Å². The van der Waals surface area contributed by atoms with Crippen LogP contribution in [-0.4, -0.2) is 33.5 Å². The number of oxime groups is 1. The number of piperidine rings is 1. The summed E-state index contributed by atoms with van der Waals surface area (Å²) in [6.07, 6.45) is 3.25. The summed E-state index contributed by atoms with van der Waals surface area (Å²) in [5, 5.41) is 15.1. The normalized spacial score (nSPS) is 22.9. The highest BCUT2D eigenvalue weighted by molar-refractivity contribution is 7.09. The molecule has 6 heteroatoms. The lowest BCUT2D eigenvalue weighted by Gasteiger charge is -2.34. The maximum atomic E-state index is 8.80. The summed E-state index contributed by atoms with van der Waals surface area (Å²) in [5.41, 5.74) is 6.81. The molecule has 94 valence electrons. The Balaban J connectivity index is 2.06. The van der Waals surface area contributed by atoms with Gasteiger partial charge in [-0.05, 0) is 26.3 Å². The van der Waals surface area contributed by atoms with Crippen LogP contribution >= 0.6 is 11.3 Å². The number of rotatable bonds is 3. The Morgan fingerprint density at radius 3 is 3.18 bits per heavy atom. The van der Waals surface area contributed by atoms with Crippen molar-refractivity contribution in [2.75, 3.05) is 6.54 Å². The summed E-state index contributed by atoms with van der Waals surface area (Å²) < 4.78 is 0. The zero-order chi connectivity index (χ0) is 12.3. The summed E-state index contributed by atoms with van der Waals surface area (Å²) in [6.45, 7) is 3.77. The van der Waals surface area contributed by atoms with Crippen molar-refractivity contribution in [1.29, 1.82) is 0 Å². The molecule has 1 aromatic heterocycles. The number of nitrogens with zero attached hydrogens (tertiary/aromatic N) is 3. The smallest absolute Gasteiger partial charge is 0.156 e. The van der Waals surface area contributed by atoms with Crippen LogP contribution in [0.1, 0.15) is 30.0 Å². The van der Waals surface area contributed by atoms with Crippen LogP contribution in [-0.2, 0) is 6.54 Å². The van der Waals surface area contributed by atoms with Crippen LogP contribution < -0.4 is 5.73 Å². The van der Waals surface area contributed by atoms with Gasteiger partial charge in [0.15, 0.2) is 5.84 Å². The van der Waals surface area contributed by atoms with E-state index in [2.05, 4.69) is 20.4 Å². The molecule has 1 aromatic rings. The first-order valence-electron chi connectivity index (χ1n) is 5.83. The third kappa shape index (κ3) is 2.95. The molecular weight excluding hydrogens is 236 g/mol. The minimum Gasteiger partial charge on any atom is -0.409 e. The first-order chi connectivity index (χ1) is 8.20. The van der Waals surface area contributed by atoms with E-state index < -0.39 is 0 Å². The quantitative estimate of drug-likeness (QED) is 0.371. The molecule has 5 nitrogen and oxygen atoms in total. The number of hydrogen-bond donors (Lipinski definition) is 2. The lowest BCUT2D eigenvalue weighted by Crippen LogP contribution is -2.47. The fourth-order valence-electron chi connectivity index (χ4n) is 2.27. The summed E-state index contributed by atoms with van der Waals surface area (Å²) in [5.74, 6) is 0.316. The molecule has 1 aliphatic rings. The van der Waals surface area contributed by atoms with Crippen molar-refractivity contribution in [2.45, 2.75) is 38.8 Å². The van der Waals surface area contributed by atoms with Gasteiger partial charge in [0.2, 0.25) is 0 Å². The van der Waals surface area contributed by atoms with Crippen LogP contribution in [0.25, 0.3) is 0 Å². The minimum absolute atomic E-state index is 0.0516. The average molecular weight is 254 g/mol. The Kier molecular flexibility index (Phi) is 3.96. The fraction of sp³-hybridized carbons (Fsp3) is 0.636. The van der Waals surface area contributed by atoms with Gasteiger partial charge in [-0.3, -0.25) is 4.90 Å². The molecule has 2 rings (SSSR count). The van der Waals surface area contributed by atoms with Crippen molar-refractivity contribution >= 4 is 17.2 Å². The van der Waals surface area contributed by atoms with Crippen molar-refractivity contribution in [3.8, 4) is 0 Å². The van der Waals surface area contributed by atoms with Crippen molar-refractivity contribution < 1.29 is 5.21 Å². The number of amidine groups is 1. The summed E-state index contributed by atoms with van der Waals surface area (Å²) in [6, 6.07) is 0.0516. The minimum atomic E-state index is 0.0516. The van der Waals surface area contributed by atoms with Crippen LogP contribution in [0.4, 0.5) is 0 Å². The van der Waals surface area contributed by atoms with E-state index in [1.54, 1.807) is 11.3 Å². The molecule has 0 saturated carbocycles. The zero-order valence-electron chi connectivity index (χ0n) is 9.96. The molecule has 2 heterocycles. The van der Waals surface area contributed by atoms with E-state index in [0.29, 0.717) is 5.84 Å². The number of hydrogen-bond acceptors (Lipinski definition) is 5. The highest BCUT2D eigenvalue weighted by Gasteiger charge is 2.26. The molecule has 1 aliphatic heterocycles. The molecule has 1 fully saturated rings. The van der Waals surface area contributed by atoms with Gasteiger partial charge >= 0.3 is 0 Å². The molecule has 1 saturated heterocycles.